The zero-order valence-electron chi connectivity index (χ0n) is 21.1. The van der Waals surface area contributed by atoms with Crippen molar-refractivity contribution in [3.05, 3.63) is 75.9 Å². The molecule has 0 saturated carbocycles. The molecule has 5 rings (SSSR count). The van der Waals surface area contributed by atoms with Gasteiger partial charge in [0.1, 0.15) is 16.7 Å². The van der Waals surface area contributed by atoms with Crippen molar-refractivity contribution in [1.29, 1.82) is 0 Å². The normalized spacial score (nSPS) is 14.3. The van der Waals surface area contributed by atoms with E-state index in [1.165, 1.54) is 25.3 Å². The van der Waals surface area contributed by atoms with Gasteiger partial charge in [0, 0.05) is 42.6 Å². The Morgan fingerprint density at radius 2 is 1.69 bits per heavy atom. The second kappa shape index (κ2) is 10.6. The first-order valence-corrected chi connectivity index (χ1v) is 12.3. The van der Waals surface area contributed by atoms with E-state index in [-0.39, 0.29) is 46.1 Å². The summed E-state index contributed by atoms with van der Waals surface area (Å²) in [6.45, 7) is 1.52. The largest absolute Gasteiger partial charge is 0.504 e. The van der Waals surface area contributed by atoms with Crippen LogP contribution in [0.2, 0.25) is 0 Å². The summed E-state index contributed by atoms with van der Waals surface area (Å²) < 4.78 is 16.7. The van der Waals surface area contributed by atoms with Gasteiger partial charge in [0.15, 0.2) is 28.4 Å². The van der Waals surface area contributed by atoms with E-state index in [9.17, 15) is 30.0 Å². The van der Waals surface area contributed by atoms with E-state index in [2.05, 4.69) is 0 Å². The Labute approximate surface area is 222 Å². The summed E-state index contributed by atoms with van der Waals surface area (Å²) in [4.78, 5) is 28.3. The zero-order chi connectivity index (χ0) is 27.7. The number of benzene rings is 3. The van der Waals surface area contributed by atoms with Crippen molar-refractivity contribution < 1.29 is 39.1 Å². The van der Waals surface area contributed by atoms with E-state index in [1.807, 2.05) is 0 Å². The Balaban J connectivity index is 1.78. The van der Waals surface area contributed by atoms with E-state index in [1.54, 1.807) is 41.3 Å². The molecule has 4 N–H and O–H groups in total. The van der Waals surface area contributed by atoms with Gasteiger partial charge in [-0.15, -0.1) is 0 Å². The number of carbonyl (C=O) groups is 1. The molecule has 1 fully saturated rings. The Kier molecular flexibility index (Phi) is 7.03. The number of amides is 1. The van der Waals surface area contributed by atoms with E-state index < -0.39 is 28.6 Å². The first-order valence-electron chi connectivity index (χ1n) is 12.3. The number of rotatable bonds is 6. The van der Waals surface area contributed by atoms with Gasteiger partial charge < -0.3 is 39.2 Å². The summed E-state index contributed by atoms with van der Waals surface area (Å²) >= 11 is 0. The van der Waals surface area contributed by atoms with Crippen LogP contribution in [-0.2, 0) is 9.53 Å². The molecule has 1 saturated heterocycles. The van der Waals surface area contributed by atoms with Crippen LogP contribution in [0, 0.1) is 0 Å². The zero-order valence-corrected chi connectivity index (χ0v) is 21.1. The lowest BCUT2D eigenvalue weighted by atomic mass is 9.85. The minimum Gasteiger partial charge on any atom is -0.504 e. The van der Waals surface area contributed by atoms with E-state index in [0.29, 0.717) is 37.4 Å². The highest BCUT2D eigenvalue weighted by molar-refractivity contribution is 5.94. The first kappa shape index (κ1) is 25.9. The van der Waals surface area contributed by atoms with Crippen molar-refractivity contribution in [2.24, 2.45) is 0 Å². The van der Waals surface area contributed by atoms with Crippen molar-refractivity contribution in [2.45, 2.75) is 12.3 Å². The molecular weight excluding hydrogens is 506 g/mol. The van der Waals surface area contributed by atoms with Gasteiger partial charge in [-0.05, 0) is 17.7 Å². The maximum absolute atomic E-state index is 13.4. The molecule has 1 amide bonds. The van der Waals surface area contributed by atoms with Gasteiger partial charge in [0.2, 0.25) is 11.7 Å². The van der Waals surface area contributed by atoms with Crippen LogP contribution in [0.4, 0.5) is 0 Å². The number of fused-ring (bicyclic) bond motifs is 1. The van der Waals surface area contributed by atoms with Crippen molar-refractivity contribution in [3.8, 4) is 40.1 Å². The molecule has 202 valence electrons. The number of hydrogen-bond donors (Lipinski definition) is 4. The van der Waals surface area contributed by atoms with Crippen molar-refractivity contribution in [3.63, 3.8) is 0 Å². The SMILES string of the molecule is COc1cc([C@H](CC(=O)N2CCOCC2)c2c(O)c(O)c(O)c3c(=O)cc(-c4ccccc4)oc23)ccc1O. The van der Waals surface area contributed by atoms with E-state index >= 15 is 0 Å². The van der Waals surface area contributed by atoms with Crippen LogP contribution in [0.1, 0.15) is 23.5 Å². The first-order chi connectivity index (χ1) is 18.8. The molecule has 0 radical (unpaired) electrons. The molecule has 10 nitrogen and oxygen atoms in total. The van der Waals surface area contributed by atoms with Crippen LogP contribution in [0.5, 0.6) is 28.7 Å². The average Bonchev–Trinajstić information content (AvgIpc) is 2.96. The monoisotopic (exact) mass is 533 g/mol. The van der Waals surface area contributed by atoms with Crippen molar-refractivity contribution in [2.75, 3.05) is 33.4 Å². The van der Waals surface area contributed by atoms with Crippen LogP contribution in [-0.4, -0.2) is 64.6 Å². The summed E-state index contributed by atoms with van der Waals surface area (Å²) in [6.07, 6.45) is -0.194. The van der Waals surface area contributed by atoms with Gasteiger partial charge in [-0.1, -0.05) is 36.4 Å². The van der Waals surface area contributed by atoms with Crippen LogP contribution in [0.15, 0.2) is 63.8 Å². The third kappa shape index (κ3) is 4.82. The molecule has 0 aliphatic carbocycles. The third-order valence-electron chi connectivity index (χ3n) is 6.89. The standard InChI is InChI=1S/C29H27NO9/c1-37-22-13-17(7-8-19(22)31)18(14-23(33)30-9-11-38-12-10-30)24-26(34)28(36)27(35)25-20(32)15-21(39-29(24)25)16-5-3-2-4-6-16/h2-8,13,15,18,31,34-36H,9-12,14H2,1H3/t18-/m0/s1. The minimum absolute atomic E-state index is 0.0652. The number of phenolic OH excluding ortho intramolecular Hbond substituents is 4. The lowest BCUT2D eigenvalue weighted by Gasteiger charge is -2.29. The molecular formula is C29H27NO9. The molecule has 0 bridgehead atoms. The van der Waals surface area contributed by atoms with Crippen molar-refractivity contribution in [1.82, 2.24) is 4.90 Å². The summed E-state index contributed by atoms with van der Waals surface area (Å²) in [5.41, 5.74) is 0.110. The van der Waals surface area contributed by atoms with Crippen LogP contribution in [0.3, 0.4) is 0 Å². The Morgan fingerprint density at radius 1 is 0.974 bits per heavy atom. The van der Waals surface area contributed by atoms with Gasteiger partial charge in [-0.2, -0.15) is 0 Å². The maximum Gasteiger partial charge on any atom is 0.223 e. The number of carbonyl (C=O) groups excluding carboxylic acids is 1. The molecule has 39 heavy (non-hydrogen) atoms. The molecule has 1 aliphatic heterocycles. The molecule has 1 aliphatic rings. The number of ether oxygens (including phenoxy) is 2. The fourth-order valence-electron chi connectivity index (χ4n) is 4.86. The number of methoxy groups -OCH3 is 1. The van der Waals surface area contributed by atoms with Gasteiger partial charge in [-0.25, -0.2) is 0 Å². The van der Waals surface area contributed by atoms with Crippen LogP contribution in [0.25, 0.3) is 22.3 Å². The predicted molar refractivity (Wildman–Crippen MR) is 141 cm³/mol. The lowest BCUT2D eigenvalue weighted by Crippen LogP contribution is -2.41. The van der Waals surface area contributed by atoms with E-state index in [4.69, 9.17) is 13.9 Å². The number of phenols is 4. The highest BCUT2D eigenvalue weighted by atomic mass is 16.5. The molecule has 2 heterocycles. The number of hydrogen-bond acceptors (Lipinski definition) is 9. The fourth-order valence-corrected chi connectivity index (χ4v) is 4.86. The molecule has 4 aromatic rings. The average molecular weight is 534 g/mol. The highest BCUT2D eigenvalue weighted by Crippen LogP contribution is 2.50. The highest BCUT2D eigenvalue weighted by Gasteiger charge is 2.32. The molecule has 3 aromatic carbocycles. The maximum atomic E-state index is 13.4. The summed E-state index contributed by atoms with van der Waals surface area (Å²) in [5, 5.41) is 42.3. The van der Waals surface area contributed by atoms with Crippen LogP contribution < -0.4 is 10.2 Å². The van der Waals surface area contributed by atoms with Crippen LogP contribution >= 0.6 is 0 Å². The quantitative estimate of drug-likeness (QED) is 0.272. The van der Waals surface area contributed by atoms with Gasteiger partial charge >= 0.3 is 0 Å². The smallest absolute Gasteiger partial charge is 0.223 e. The number of aromatic hydroxyl groups is 4. The Morgan fingerprint density at radius 3 is 2.38 bits per heavy atom. The molecule has 1 atom stereocenters. The molecule has 10 heteroatoms. The van der Waals surface area contributed by atoms with Gasteiger partial charge in [0.25, 0.3) is 0 Å². The predicted octanol–water partition coefficient (Wildman–Crippen LogP) is 3.67. The van der Waals surface area contributed by atoms with Gasteiger partial charge in [0.05, 0.1) is 20.3 Å². The minimum atomic E-state index is -0.974. The molecule has 1 aromatic heterocycles. The lowest BCUT2D eigenvalue weighted by molar-refractivity contribution is -0.135. The number of nitrogens with zero attached hydrogens (tertiary/aromatic N) is 1. The third-order valence-corrected chi connectivity index (χ3v) is 6.89. The Hall–Kier alpha value is -4.70. The fraction of sp³-hybridized carbons (Fsp3) is 0.241. The second-order valence-corrected chi connectivity index (χ2v) is 9.19. The van der Waals surface area contributed by atoms with Gasteiger partial charge in [-0.3, -0.25) is 9.59 Å². The topological polar surface area (TPSA) is 150 Å². The second-order valence-electron chi connectivity index (χ2n) is 9.19. The summed E-state index contributed by atoms with van der Waals surface area (Å²) in [6, 6.07) is 14.4. The summed E-state index contributed by atoms with van der Waals surface area (Å²) in [5.74, 6) is -3.57. The van der Waals surface area contributed by atoms with Crippen molar-refractivity contribution >= 4 is 16.9 Å². The number of morpholine rings is 1. The molecule has 0 unspecified atom stereocenters. The molecule has 0 spiro atoms. The van der Waals surface area contributed by atoms with E-state index in [0.717, 1.165) is 0 Å². The Bertz CT molecular complexity index is 1590. The summed E-state index contributed by atoms with van der Waals surface area (Å²) in [7, 11) is 1.37.